The molecule has 0 fully saturated rings. The highest BCUT2D eigenvalue weighted by atomic mass is 16.2. The Morgan fingerprint density at radius 3 is 1.00 bits per heavy atom. The average molecular weight is 146 g/mol. The summed E-state index contributed by atoms with van der Waals surface area (Å²) in [6.45, 7) is 14.0. The summed E-state index contributed by atoms with van der Waals surface area (Å²) in [7, 11) is 1.00. The average Bonchev–Trinajstić information content (AvgIpc) is 2.14. The van der Waals surface area contributed by atoms with Crippen molar-refractivity contribution in [3.05, 3.63) is 25.3 Å². The fraction of sp³-hybridized carbons (Fsp3) is 0.556. The molecule has 0 aliphatic heterocycles. The maximum absolute atomic E-state index is 7.00. The third kappa shape index (κ3) is 1590. The van der Waals surface area contributed by atoms with E-state index in [2.05, 4.69) is 13.2 Å². The summed E-state index contributed by atoms with van der Waals surface area (Å²) in [5, 5.41) is 7.00. The molecule has 0 aliphatic rings. The lowest BCUT2D eigenvalue weighted by molar-refractivity contribution is 0.399. The Bertz CT molecular complexity index is 27.7. The fourth-order valence-electron chi connectivity index (χ4n) is 0. The SMILES string of the molecule is C/C=C\C.C=C.CC.CO. The largest absolute Gasteiger partial charge is 0.400 e. The molecule has 1 heteroatoms. The Kier molecular flexibility index (Phi) is 512. The van der Waals surface area contributed by atoms with Gasteiger partial charge in [0.25, 0.3) is 0 Å². The number of aliphatic hydroxyl groups excluding tert-OH is 1. The van der Waals surface area contributed by atoms with E-state index in [-0.39, 0.29) is 0 Å². The number of hydrogen-bond donors (Lipinski definition) is 1. The van der Waals surface area contributed by atoms with Crippen LogP contribution in [0.3, 0.4) is 0 Å². The second-order valence-electron chi connectivity index (χ2n) is 0.667. The molecule has 0 aromatic carbocycles. The third-order valence-corrected chi connectivity index (χ3v) is 0.333. The molecular formula is C9H22O. The maximum atomic E-state index is 7.00. The van der Waals surface area contributed by atoms with Gasteiger partial charge in [0.1, 0.15) is 0 Å². The van der Waals surface area contributed by atoms with Crippen molar-refractivity contribution < 1.29 is 5.11 Å². The first-order chi connectivity index (χ1) is 4.91. The fourth-order valence-corrected chi connectivity index (χ4v) is 0. The molecule has 0 radical (unpaired) electrons. The van der Waals surface area contributed by atoms with E-state index < -0.39 is 0 Å². The van der Waals surface area contributed by atoms with Crippen molar-refractivity contribution in [1.29, 1.82) is 0 Å². The van der Waals surface area contributed by atoms with Crippen LogP contribution in [0.4, 0.5) is 0 Å². The summed E-state index contributed by atoms with van der Waals surface area (Å²) in [5.41, 5.74) is 0. The lowest BCUT2D eigenvalue weighted by Crippen LogP contribution is -1.26. The smallest absolute Gasteiger partial charge is 0.0319 e. The summed E-state index contributed by atoms with van der Waals surface area (Å²) in [6.07, 6.45) is 4.00. The first kappa shape index (κ1) is 22.7. The number of aliphatic hydroxyl groups is 1. The van der Waals surface area contributed by atoms with Gasteiger partial charge in [0, 0.05) is 7.11 Å². The summed E-state index contributed by atoms with van der Waals surface area (Å²) in [6, 6.07) is 0. The molecular weight excluding hydrogens is 124 g/mol. The first-order valence-corrected chi connectivity index (χ1v) is 3.44. The van der Waals surface area contributed by atoms with Crippen molar-refractivity contribution >= 4 is 0 Å². The van der Waals surface area contributed by atoms with Gasteiger partial charge in [-0.15, -0.1) is 13.2 Å². The normalized spacial score (nSPS) is 5.40. The van der Waals surface area contributed by atoms with Gasteiger partial charge in [0.15, 0.2) is 0 Å². The molecule has 0 rings (SSSR count). The zero-order chi connectivity index (χ0) is 9.41. The molecule has 0 aromatic rings. The zero-order valence-corrected chi connectivity index (χ0v) is 8.02. The lowest BCUT2D eigenvalue weighted by Gasteiger charge is -1.49. The molecule has 1 N–H and O–H groups in total. The molecule has 10 heavy (non-hydrogen) atoms. The predicted molar refractivity (Wildman–Crippen MR) is 51.2 cm³/mol. The third-order valence-electron chi connectivity index (χ3n) is 0.333. The van der Waals surface area contributed by atoms with Crippen molar-refractivity contribution in [3.63, 3.8) is 0 Å². The Morgan fingerprint density at radius 1 is 0.900 bits per heavy atom. The van der Waals surface area contributed by atoms with Gasteiger partial charge in [-0.2, -0.15) is 0 Å². The van der Waals surface area contributed by atoms with E-state index in [0.29, 0.717) is 0 Å². The number of hydrogen-bond acceptors (Lipinski definition) is 1. The molecule has 0 bridgehead atoms. The Hall–Kier alpha value is -0.560. The van der Waals surface area contributed by atoms with E-state index in [9.17, 15) is 0 Å². The maximum Gasteiger partial charge on any atom is 0.0319 e. The molecule has 0 spiro atoms. The summed E-state index contributed by atoms with van der Waals surface area (Å²) >= 11 is 0. The van der Waals surface area contributed by atoms with Crippen LogP contribution in [0.2, 0.25) is 0 Å². The van der Waals surface area contributed by atoms with Gasteiger partial charge in [-0.05, 0) is 13.8 Å². The highest BCUT2D eigenvalue weighted by molar-refractivity contribution is 4.68. The molecule has 0 atom stereocenters. The molecule has 0 saturated carbocycles. The van der Waals surface area contributed by atoms with Crippen LogP contribution in [0.25, 0.3) is 0 Å². The van der Waals surface area contributed by atoms with Gasteiger partial charge in [-0.3, -0.25) is 0 Å². The van der Waals surface area contributed by atoms with Gasteiger partial charge in [-0.25, -0.2) is 0 Å². The van der Waals surface area contributed by atoms with Gasteiger partial charge in [0.05, 0.1) is 0 Å². The van der Waals surface area contributed by atoms with Crippen LogP contribution in [-0.2, 0) is 0 Å². The van der Waals surface area contributed by atoms with E-state index in [1.165, 1.54) is 0 Å². The van der Waals surface area contributed by atoms with Crippen LogP contribution in [0.1, 0.15) is 27.7 Å². The zero-order valence-electron chi connectivity index (χ0n) is 8.02. The van der Waals surface area contributed by atoms with Crippen molar-refractivity contribution in [1.82, 2.24) is 0 Å². The second-order valence-corrected chi connectivity index (χ2v) is 0.667. The standard InChI is InChI=1S/C4H8.C2H6.C2H4.CH4O/c1-3-4-2;3*1-2/h3-4H,1-2H3;1-2H3;1-2H2;2H,1H3/b4-3-;;;. The number of allylic oxidation sites excluding steroid dienone is 2. The van der Waals surface area contributed by atoms with E-state index in [4.69, 9.17) is 5.11 Å². The number of rotatable bonds is 0. The second kappa shape index (κ2) is 225. The van der Waals surface area contributed by atoms with Gasteiger partial charge in [-0.1, -0.05) is 26.0 Å². The minimum Gasteiger partial charge on any atom is -0.400 e. The van der Waals surface area contributed by atoms with Gasteiger partial charge in [0.2, 0.25) is 0 Å². The highest BCUT2D eigenvalue weighted by Crippen LogP contribution is 1.57. The predicted octanol–water partition coefficient (Wildman–Crippen LogP) is 3.02. The first-order valence-electron chi connectivity index (χ1n) is 3.44. The molecule has 0 saturated heterocycles. The molecule has 0 aromatic heterocycles. The minimum atomic E-state index is 1.00. The van der Waals surface area contributed by atoms with Crippen molar-refractivity contribution in [2.24, 2.45) is 0 Å². The summed E-state index contributed by atoms with van der Waals surface area (Å²) < 4.78 is 0. The van der Waals surface area contributed by atoms with E-state index in [1.807, 2.05) is 39.8 Å². The molecule has 0 unspecified atom stereocenters. The Balaban J connectivity index is -0.0000000262. The monoisotopic (exact) mass is 146 g/mol. The lowest BCUT2D eigenvalue weighted by atomic mass is 10.6. The van der Waals surface area contributed by atoms with Crippen LogP contribution in [-0.4, -0.2) is 12.2 Å². The van der Waals surface area contributed by atoms with Crippen molar-refractivity contribution in [2.75, 3.05) is 7.11 Å². The van der Waals surface area contributed by atoms with Crippen molar-refractivity contribution in [2.45, 2.75) is 27.7 Å². The molecule has 0 amide bonds. The summed E-state index contributed by atoms with van der Waals surface area (Å²) in [4.78, 5) is 0. The topological polar surface area (TPSA) is 20.2 Å². The van der Waals surface area contributed by atoms with Gasteiger partial charge >= 0.3 is 0 Å². The Labute approximate surface area is 66.1 Å². The van der Waals surface area contributed by atoms with E-state index in [1.54, 1.807) is 0 Å². The minimum absolute atomic E-state index is 1.00. The Morgan fingerprint density at radius 2 is 1.00 bits per heavy atom. The molecule has 0 heterocycles. The molecule has 1 nitrogen and oxygen atoms in total. The van der Waals surface area contributed by atoms with Crippen LogP contribution < -0.4 is 0 Å². The highest BCUT2D eigenvalue weighted by Gasteiger charge is 1.34. The van der Waals surface area contributed by atoms with Gasteiger partial charge < -0.3 is 5.11 Å². The van der Waals surface area contributed by atoms with E-state index >= 15 is 0 Å². The van der Waals surface area contributed by atoms with Crippen molar-refractivity contribution in [3.8, 4) is 0 Å². The van der Waals surface area contributed by atoms with Crippen LogP contribution >= 0.6 is 0 Å². The van der Waals surface area contributed by atoms with Crippen LogP contribution in [0.15, 0.2) is 25.3 Å². The quantitative estimate of drug-likeness (QED) is 0.521. The molecule has 0 aliphatic carbocycles. The van der Waals surface area contributed by atoms with Crippen LogP contribution in [0.5, 0.6) is 0 Å². The van der Waals surface area contributed by atoms with Crippen LogP contribution in [0, 0.1) is 0 Å². The van der Waals surface area contributed by atoms with E-state index in [0.717, 1.165) is 7.11 Å². The summed E-state index contributed by atoms with van der Waals surface area (Å²) in [5.74, 6) is 0. The molecule has 64 valence electrons.